The van der Waals surface area contributed by atoms with Gasteiger partial charge in [0.05, 0.1) is 19.0 Å². The number of nitrogens with one attached hydrogen (secondary N) is 1. The number of fused-ring (bicyclic) bond motifs is 1. The number of hydrogen-bond donors (Lipinski definition) is 1. The molecule has 0 radical (unpaired) electrons. The molecule has 0 saturated heterocycles. The number of aromatic nitrogens is 1. The van der Waals surface area contributed by atoms with E-state index in [0.29, 0.717) is 24.7 Å². The lowest BCUT2D eigenvalue weighted by atomic mass is 10.0. The Bertz CT molecular complexity index is 760. The van der Waals surface area contributed by atoms with Gasteiger partial charge in [0.2, 0.25) is 5.88 Å². The molecule has 0 amide bonds. The maximum absolute atomic E-state index is 12.5. The summed E-state index contributed by atoms with van der Waals surface area (Å²) in [6.07, 6.45) is 2.16. The lowest BCUT2D eigenvalue weighted by molar-refractivity contribution is 0.394. The Labute approximate surface area is 129 Å². The lowest BCUT2D eigenvalue weighted by Crippen LogP contribution is -2.39. The van der Waals surface area contributed by atoms with Gasteiger partial charge in [-0.3, -0.25) is 4.72 Å². The van der Waals surface area contributed by atoms with E-state index < -0.39 is 10.2 Å². The topological polar surface area (TPSA) is 71.5 Å². The SMILES string of the molecule is COc1ccc(NS(=O)(=O)N2CCc3ccccc3C2)cn1. The molecule has 22 heavy (non-hydrogen) atoms. The van der Waals surface area contributed by atoms with Crippen molar-refractivity contribution in [2.45, 2.75) is 13.0 Å². The summed E-state index contributed by atoms with van der Waals surface area (Å²) in [5, 5.41) is 0. The zero-order chi connectivity index (χ0) is 15.6. The van der Waals surface area contributed by atoms with Crippen molar-refractivity contribution in [1.82, 2.24) is 9.29 Å². The van der Waals surface area contributed by atoms with Crippen molar-refractivity contribution in [3.05, 3.63) is 53.7 Å². The van der Waals surface area contributed by atoms with Crippen molar-refractivity contribution < 1.29 is 13.2 Å². The highest BCUT2D eigenvalue weighted by molar-refractivity contribution is 7.90. The Balaban J connectivity index is 1.76. The molecule has 0 unspecified atom stereocenters. The van der Waals surface area contributed by atoms with Crippen LogP contribution in [0.15, 0.2) is 42.6 Å². The monoisotopic (exact) mass is 319 g/mol. The van der Waals surface area contributed by atoms with E-state index in [9.17, 15) is 8.42 Å². The van der Waals surface area contributed by atoms with E-state index in [0.717, 1.165) is 12.0 Å². The number of methoxy groups -OCH3 is 1. The lowest BCUT2D eigenvalue weighted by Gasteiger charge is -2.28. The average molecular weight is 319 g/mol. The number of rotatable bonds is 4. The van der Waals surface area contributed by atoms with Gasteiger partial charge in [0.1, 0.15) is 0 Å². The molecule has 0 bridgehead atoms. The Morgan fingerprint density at radius 2 is 1.95 bits per heavy atom. The molecule has 1 aromatic carbocycles. The molecule has 3 rings (SSSR count). The normalized spacial score (nSPS) is 15.1. The van der Waals surface area contributed by atoms with Gasteiger partial charge in [-0.05, 0) is 23.6 Å². The molecule has 6 nitrogen and oxygen atoms in total. The molecule has 1 N–H and O–H groups in total. The smallest absolute Gasteiger partial charge is 0.301 e. The largest absolute Gasteiger partial charge is 0.481 e. The number of ether oxygens (including phenoxy) is 1. The van der Waals surface area contributed by atoms with Gasteiger partial charge in [-0.2, -0.15) is 12.7 Å². The van der Waals surface area contributed by atoms with Gasteiger partial charge in [0.25, 0.3) is 0 Å². The maximum Gasteiger partial charge on any atom is 0.301 e. The third-order valence-corrected chi connectivity index (χ3v) is 5.11. The third kappa shape index (κ3) is 3.05. The van der Waals surface area contributed by atoms with Crippen molar-refractivity contribution >= 4 is 15.9 Å². The predicted octanol–water partition coefficient (Wildman–Crippen LogP) is 1.81. The first kappa shape index (κ1) is 14.8. The number of hydrogen-bond acceptors (Lipinski definition) is 4. The predicted molar refractivity (Wildman–Crippen MR) is 83.9 cm³/mol. The van der Waals surface area contributed by atoms with Gasteiger partial charge < -0.3 is 4.74 Å². The van der Waals surface area contributed by atoms with Gasteiger partial charge >= 0.3 is 10.2 Å². The van der Waals surface area contributed by atoms with E-state index in [1.807, 2.05) is 24.3 Å². The minimum atomic E-state index is -3.60. The molecular weight excluding hydrogens is 302 g/mol. The highest BCUT2D eigenvalue weighted by atomic mass is 32.2. The van der Waals surface area contributed by atoms with Crippen molar-refractivity contribution in [3.63, 3.8) is 0 Å². The maximum atomic E-state index is 12.5. The first-order chi connectivity index (χ1) is 10.6. The number of pyridine rings is 1. The number of nitrogens with zero attached hydrogens (tertiary/aromatic N) is 2. The van der Waals surface area contributed by atoms with Crippen LogP contribution in [0.3, 0.4) is 0 Å². The summed E-state index contributed by atoms with van der Waals surface area (Å²) in [5.41, 5.74) is 2.67. The van der Waals surface area contributed by atoms with Gasteiger partial charge in [-0.1, -0.05) is 24.3 Å². The molecular formula is C15H17N3O3S. The van der Waals surface area contributed by atoms with E-state index in [2.05, 4.69) is 9.71 Å². The Morgan fingerprint density at radius 1 is 1.18 bits per heavy atom. The van der Waals surface area contributed by atoms with Crippen LogP contribution in [0.1, 0.15) is 11.1 Å². The van der Waals surface area contributed by atoms with Crippen LogP contribution in [-0.4, -0.2) is 31.4 Å². The van der Waals surface area contributed by atoms with E-state index in [1.54, 1.807) is 12.1 Å². The minimum Gasteiger partial charge on any atom is -0.481 e. The van der Waals surface area contributed by atoms with E-state index in [4.69, 9.17) is 4.74 Å². The number of anilines is 1. The molecule has 1 aliphatic rings. The molecule has 116 valence electrons. The summed E-state index contributed by atoms with van der Waals surface area (Å²) < 4.78 is 33.9. The Kier molecular flexibility index (Phi) is 4.00. The fourth-order valence-corrected chi connectivity index (χ4v) is 3.64. The summed E-state index contributed by atoms with van der Waals surface area (Å²) in [5.74, 6) is 0.440. The summed E-state index contributed by atoms with van der Waals surface area (Å²) in [6.45, 7) is 0.852. The summed E-state index contributed by atoms with van der Waals surface area (Å²) in [7, 11) is -2.08. The van der Waals surface area contributed by atoms with Crippen molar-refractivity contribution in [1.29, 1.82) is 0 Å². The fourth-order valence-electron chi connectivity index (χ4n) is 2.45. The third-order valence-electron chi connectivity index (χ3n) is 3.63. The average Bonchev–Trinajstić information content (AvgIpc) is 2.55. The molecule has 2 aromatic rings. The van der Waals surface area contributed by atoms with Crippen LogP contribution in [0.25, 0.3) is 0 Å². The molecule has 2 heterocycles. The van der Waals surface area contributed by atoms with E-state index in [-0.39, 0.29) is 0 Å². The second-order valence-electron chi connectivity index (χ2n) is 5.05. The summed E-state index contributed by atoms with van der Waals surface area (Å²) >= 11 is 0. The molecule has 0 atom stereocenters. The van der Waals surface area contributed by atoms with Crippen LogP contribution in [0, 0.1) is 0 Å². The molecule has 7 heteroatoms. The van der Waals surface area contributed by atoms with Crippen LogP contribution in [-0.2, 0) is 23.2 Å². The number of benzene rings is 1. The van der Waals surface area contributed by atoms with Gasteiger partial charge in [-0.15, -0.1) is 0 Å². The van der Waals surface area contributed by atoms with Crippen LogP contribution < -0.4 is 9.46 Å². The van der Waals surface area contributed by atoms with Gasteiger partial charge in [0.15, 0.2) is 0 Å². The van der Waals surface area contributed by atoms with Crippen molar-refractivity contribution in [2.24, 2.45) is 0 Å². The molecule has 0 spiro atoms. The summed E-state index contributed by atoms with van der Waals surface area (Å²) in [4.78, 5) is 3.99. The fraction of sp³-hybridized carbons (Fsp3) is 0.267. The minimum absolute atomic E-state index is 0.384. The molecule has 0 saturated carbocycles. The zero-order valence-corrected chi connectivity index (χ0v) is 13.0. The first-order valence-electron chi connectivity index (χ1n) is 6.93. The second kappa shape index (κ2) is 5.94. The van der Waals surface area contributed by atoms with Crippen LogP contribution >= 0.6 is 0 Å². The van der Waals surface area contributed by atoms with Crippen LogP contribution in [0.4, 0.5) is 5.69 Å². The van der Waals surface area contributed by atoms with Gasteiger partial charge in [0, 0.05) is 19.2 Å². The molecule has 1 aliphatic heterocycles. The van der Waals surface area contributed by atoms with Crippen molar-refractivity contribution in [3.8, 4) is 5.88 Å². The van der Waals surface area contributed by atoms with Gasteiger partial charge in [-0.25, -0.2) is 4.98 Å². The molecule has 0 fully saturated rings. The summed E-state index contributed by atoms with van der Waals surface area (Å²) in [6, 6.07) is 11.1. The highest BCUT2D eigenvalue weighted by Crippen LogP contribution is 2.22. The van der Waals surface area contributed by atoms with Crippen molar-refractivity contribution in [2.75, 3.05) is 18.4 Å². The standard InChI is InChI=1S/C15H17N3O3S/c1-21-15-7-6-14(10-16-15)17-22(19,20)18-9-8-12-4-2-3-5-13(12)11-18/h2-7,10,17H,8-9,11H2,1H3. The van der Waals surface area contributed by atoms with E-state index in [1.165, 1.54) is 23.2 Å². The first-order valence-corrected chi connectivity index (χ1v) is 8.37. The molecule has 1 aromatic heterocycles. The Morgan fingerprint density at radius 3 is 2.64 bits per heavy atom. The molecule has 0 aliphatic carbocycles. The quantitative estimate of drug-likeness (QED) is 0.933. The van der Waals surface area contributed by atoms with Crippen LogP contribution in [0.5, 0.6) is 5.88 Å². The zero-order valence-electron chi connectivity index (χ0n) is 12.2. The second-order valence-corrected chi connectivity index (χ2v) is 6.72. The highest BCUT2D eigenvalue weighted by Gasteiger charge is 2.26. The Hall–Kier alpha value is -2.12. The van der Waals surface area contributed by atoms with Crippen LogP contribution in [0.2, 0.25) is 0 Å². The van der Waals surface area contributed by atoms with E-state index >= 15 is 0 Å².